The van der Waals surface area contributed by atoms with Gasteiger partial charge in [-0.05, 0) is 6.07 Å². The second-order valence-electron chi connectivity index (χ2n) is 2.98. The summed E-state index contributed by atoms with van der Waals surface area (Å²) in [5, 5.41) is 9.47. The minimum atomic E-state index is -1.06. The number of ether oxygens (including phenoxy) is 2. The zero-order chi connectivity index (χ0) is 11.4. The molecule has 0 spiro atoms. The first-order valence-electron chi connectivity index (χ1n) is 4.43. The van der Waals surface area contributed by atoms with Crippen LogP contribution in [0.4, 0.5) is 4.39 Å². The van der Waals surface area contributed by atoms with Crippen LogP contribution in [-0.2, 0) is 0 Å². The van der Waals surface area contributed by atoms with Crippen LogP contribution in [-0.4, -0.2) is 25.9 Å². The molecule has 0 fully saturated rings. The Hall–Kier alpha value is -1.33. The van der Waals surface area contributed by atoms with Crippen molar-refractivity contribution >= 4 is 0 Å². The molecule has 0 aliphatic heterocycles. The lowest BCUT2D eigenvalue weighted by molar-refractivity contribution is 0.180. The van der Waals surface area contributed by atoms with Gasteiger partial charge in [-0.25, -0.2) is 4.39 Å². The normalized spacial score (nSPS) is 12.3. The predicted molar refractivity (Wildman–Crippen MR) is 53.5 cm³/mol. The Labute approximate surface area is 87.4 Å². The van der Waals surface area contributed by atoms with Gasteiger partial charge in [0, 0.05) is 18.2 Å². The van der Waals surface area contributed by atoms with Crippen molar-refractivity contribution < 1.29 is 19.0 Å². The van der Waals surface area contributed by atoms with Crippen LogP contribution in [0.5, 0.6) is 11.5 Å². The van der Waals surface area contributed by atoms with E-state index < -0.39 is 11.9 Å². The molecule has 0 aromatic heterocycles. The van der Waals surface area contributed by atoms with Gasteiger partial charge in [0.15, 0.2) is 11.6 Å². The number of rotatable bonds is 4. The summed E-state index contributed by atoms with van der Waals surface area (Å²) in [5.74, 6) is -0.177. The molecule has 0 radical (unpaired) electrons. The van der Waals surface area contributed by atoms with Gasteiger partial charge < -0.3 is 20.3 Å². The molecule has 4 nitrogen and oxygen atoms in total. The molecule has 0 amide bonds. The molecule has 15 heavy (non-hydrogen) atoms. The maximum absolute atomic E-state index is 13.6. The van der Waals surface area contributed by atoms with Crippen LogP contribution in [0.3, 0.4) is 0 Å². The highest BCUT2D eigenvalue weighted by atomic mass is 19.1. The van der Waals surface area contributed by atoms with E-state index in [1.807, 2.05) is 0 Å². The van der Waals surface area contributed by atoms with Crippen molar-refractivity contribution in [3.63, 3.8) is 0 Å². The van der Waals surface area contributed by atoms with Crippen molar-refractivity contribution in [2.75, 3.05) is 20.8 Å². The van der Waals surface area contributed by atoms with Crippen molar-refractivity contribution in [2.45, 2.75) is 6.10 Å². The SMILES string of the molecule is COc1cc(OC)c(F)c(C(O)CN)c1. The fraction of sp³-hybridized carbons (Fsp3) is 0.400. The van der Waals surface area contributed by atoms with E-state index in [4.69, 9.17) is 15.2 Å². The maximum Gasteiger partial charge on any atom is 0.171 e. The number of halogens is 1. The van der Waals surface area contributed by atoms with Crippen LogP contribution in [0.2, 0.25) is 0 Å². The Kier molecular flexibility index (Phi) is 3.88. The van der Waals surface area contributed by atoms with Crippen molar-refractivity contribution in [3.05, 3.63) is 23.5 Å². The number of benzene rings is 1. The number of hydrogen-bond acceptors (Lipinski definition) is 4. The van der Waals surface area contributed by atoms with E-state index >= 15 is 0 Å². The molecule has 1 unspecified atom stereocenters. The molecule has 84 valence electrons. The van der Waals surface area contributed by atoms with Crippen molar-refractivity contribution in [1.82, 2.24) is 0 Å². The number of nitrogens with two attached hydrogens (primary N) is 1. The molecule has 1 aromatic rings. The fourth-order valence-corrected chi connectivity index (χ4v) is 1.23. The van der Waals surface area contributed by atoms with Gasteiger partial charge in [-0.3, -0.25) is 0 Å². The second-order valence-corrected chi connectivity index (χ2v) is 2.98. The van der Waals surface area contributed by atoms with Crippen molar-refractivity contribution in [2.24, 2.45) is 5.73 Å². The Morgan fingerprint density at radius 3 is 2.53 bits per heavy atom. The van der Waals surface area contributed by atoms with Crippen LogP contribution in [0.1, 0.15) is 11.7 Å². The summed E-state index contributed by atoms with van der Waals surface area (Å²) in [6, 6.07) is 2.80. The third kappa shape index (κ3) is 2.37. The molecule has 0 bridgehead atoms. The standard InChI is InChI=1S/C10H14FNO3/c1-14-6-3-7(8(13)5-12)10(11)9(4-6)15-2/h3-4,8,13H,5,12H2,1-2H3. The first-order chi connectivity index (χ1) is 7.13. The zero-order valence-electron chi connectivity index (χ0n) is 8.66. The van der Waals surface area contributed by atoms with Crippen LogP contribution < -0.4 is 15.2 Å². The molecule has 0 aliphatic carbocycles. The summed E-state index contributed by atoms with van der Waals surface area (Å²) in [5.41, 5.74) is 5.34. The summed E-state index contributed by atoms with van der Waals surface area (Å²) in [4.78, 5) is 0. The van der Waals surface area contributed by atoms with Gasteiger partial charge in [0.25, 0.3) is 0 Å². The molecule has 0 heterocycles. The molecule has 1 atom stereocenters. The molecule has 5 heteroatoms. The number of methoxy groups -OCH3 is 2. The van der Waals surface area contributed by atoms with Crippen LogP contribution >= 0.6 is 0 Å². The topological polar surface area (TPSA) is 64.7 Å². The van der Waals surface area contributed by atoms with E-state index in [1.165, 1.54) is 26.4 Å². The van der Waals surface area contributed by atoms with Gasteiger partial charge in [0.05, 0.1) is 20.3 Å². The van der Waals surface area contributed by atoms with E-state index in [1.54, 1.807) is 0 Å². The highest BCUT2D eigenvalue weighted by molar-refractivity contribution is 5.41. The van der Waals surface area contributed by atoms with Gasteiger partial charge in [-0.15, -0.1) is 0 Å². The molecular weight excluding hydrogens is 201 g/mol. The molecule has 1 rings (SSSR count). The Morgan fingerprint density at radius 1 is 1.40 bits per heavy atom. The summed E-state index contributed by atoms with van der Waals surface area (Å²) in [7, 11) is 2.79. The van der Waals surface area contributed by atoms with Crippen LogP contribution in [0, 0.1) is 5.82 Å². The number of aliphatic hydroxyl groups excluding tert-OH is 1. The molecular formula is C10H14FNO3. The minimum Gasteiger partial charge on any atom is -0.497 e. The summed E-state index contributed by atoms with van der Waals surface area (Å²) in [6.07, 6.45) is -1.06. The van der Waals surface area contributed by atoms with Crippen LogP contribution in [0.15, 0.2) is 12.1 Å². The second kappa shape index (κ2) is 4.95. The molecule has 0 saturated heterocycles. The Morgan fingerprint density at radius 2 is 2.07 bits per heavy atom. The average Bonchev–Trinajstić information content (AvgIpc) is 2.28. The fourth-order valence-electron chi connectivity index (χ4n) is 1.23. The monoisotopic (exact) mass is 215 g/mol. The molecule has 0 saturated carbocycles. The van der Waals surface area contributed by atoms with Gasteiger partial charge in [-0.1, -0.05) is 0 Å². The summed E-state index contributed by atoms with van der Waals surface area (Å²) in [6.45, 7) is -0.0623. The van der Waals surface area contributed by atoms with Crippen LogP contribution in [0.25, 0.3) is 0 Å². The van der Waals surface area contributed by atoms with E-state index in [0.717, 1.165) is 0 Å². The largest absolute Gasteiger partial charge is 0.497 e. The zero-order valence-corrected chi connectivity index (χ0v) is 8.66. The van der Waals surface area contributed by atoms with Gasteiger partial charge in [0.1, 0.15) is 5.75 Å². The maximum atomic E-state index is 13.6. The smallest absolute Gasteiger partial charge is 0.171 e. The van der Waals surface area contributed by atoms with Gasteiger partial charge >= 0.3 is 0 Å². The van der Waals surface area contributed by atoms with Gasteiger partial charge in [0.2, 0.25) is 0 Å². The Balaban J connectivity index is 3.23. The lowest BCUT2D eigenvalue weighted by Gasteiger charge is -2.13. The van der Waals surface area contributed by atoms with E-state index in [-0.39, 0.29) is 17.9 Å². The minimum absolute atomic E-state index is 0.0249. The lowest BCUT2D eigenvalue weighted by atomic mass is 10.1. The number of aliphatic hydroxyl groups is 1. The van der Waals surface area contributed by atoms with E-state index in [9.17, 15) is 9.50 Å². The lowest BCUT2D eigenvalue weighted by Crippen LogP contribution is -2.13. The van der Waals surface area contributed by atoms with Gasteiger partial charge in [-0.2, -0.15) is 0 Å². The molecule has 3 N–H and O–H groups in total. The van der Waals surface area contributed by atoms with Crippen molar-refractivity contribution in [1.29, 1.82) is 0 Å². The summed E-state index contributed by atoms with van der Waals surface area (Å²) < 4.78 is 23.4. The predicted octanol–water partition coefficient (Wildman–Crippen LogP) is 0.835. The average molecular weight is 215 g/mol. The third-order valence-corrected chi connectivity index (χ3v) is 2.08. The first-order valence-corrected chi connectivity index (χ1v) is 4.43. The highest BCUT2D eigenvalue weighted by Crippen LogP contribution is 2.30. The van der Waals surface area contributed by atoms with E-state index in [0.29, 0.717) is 5.75 Å². The first kappa shape index (κ1) is 11.7. The Bertz CT molecular complexity index is 344. The molecule has 0 aliphatic rings. The highest BCUT2D eigenvalue weighted by Gasteiger charge is 2.17. The summed E-state index contributed by atoms with van der Waals surface area (Å²) >= 11 is 0. The quantitative estimate of drug-likeness (QED) is 0.781. The number of hydrogen-bond donors (Lipinski definition) is 2. The van der Waals surface area contributed by atoms with E-state index in [2.05, 4.69) is 0 Å². The molecule has 1 aromatic carbocycles. The van der Waals surface area contributed by atoms with Crippen molar-refractivity contribution in [3.8, 4) is 11.5 Å². The third-order valence-electron chi connectivity index (χ3n) is 2.08.